The fourth-order valence-corrected chi connectivity index (χ4v) is 2.75. The second kappa shape index (κ2) is 7.36. The van der Waals surface area contributed by atoms with E-state index in [0.717, 1.165) is 29.0 Å². The molecule has 0 bridgehead atoms. The van der Waals surface area contributed by atoms with Crippen LogP contribution in [0.1, 0.15) is 12.7 Å². The minimum Gasteiger partial charge on any atom is -0.497 e. The van der Waals surface area contributed by atoms with Crippen molar-refractivity contribution in [2.75, 3.05) is 13.7 Å². The second-order valence-corrected chi connectivity index (χ2v) is 5.62. The lowest BCUT2D eigenvalue weighted by atomic mass is 10.3. The van der Waals surface area contributed by atoms with Crippen LogP contribution in [0.2, 0.25) is 0 Å². The van der Waals surface area contributed by atoms with Gasteiger partial charge in [0, 0.05) is 12.5 Å². The highest BCUT2D eigenvalue weighted by atomic mass is 16.5. The number of aliphatic hydroxyl groups is 1. The molecule has 1 atom stereocenters. The number of rotatable bonds is 7. The molecule has 0 saturated heterocycles. The van der Waals surface area contributed by atoms with E-state index in [4.69, 9.17) is 9.47 Å². The van der Waals surface area contributed by atoms with E-state index in [1.807, 2.05) is 42.5 Å². The van der Waals surface area contributed by atoms with Gasteiger partial charge in [0.1, 0.15) is 30.0 Å². The second-order valence-electron chi connectivity index (χ2n) is 5.62. The van der Waals surface area contributed by atoms with Crippen molar-refractivity contribution in [3.05, 3.63) is 54.4 Å². The number of ether oxygens (including phenoxy) is 2. The summed E-state index contributed by atoms with van der Waals surface area (Å²) in [7, 11) is 1.62. The van der Waals surface area contributed by atoms with Gasteiger partial charge in [0.05, 0.1) is 24.7 Å². The van der Waals surface area contributed by atoms with E-state index in [2.05, 4.69) is 16.5 Å². The maximum Gasteiger partial charge on any atom is 0.123 e. The highest BCUT2D eigenvalue weighted by Crippen LogP contribution is 2.20. The van der Waals surface area contributed by atoms with Crippen LogP contribution in [0.4, 0.5) is 0 Å². The van der Waals surface area contributed by atoms with Crippen LogP contribution in [0.5, 0.6) is 11.5 Å². The number of hydrogen-bond acceptors (Lipinski definition) is 4. The average Bonchev–Trinajstić information content (AvgIpc) is 2.98. The zero-order chi connectivity index (χ0) is 16.9. The highest BCUT2D eigenvalue weighted by molar-refractivity contribution is 5.75. The Morgan fingerprint density at radius 3 is 2.71 bits per heavy atom. The molecule has 0 spiro atoms. The van der Waals surface area contributed by atoms with E-state index < -0.39 is 6.10 Å². The summed E-state index contributed by atoms with van der Waals surface area (Å²) in [4.78, 5) is 4.62. The molecule has 24 heavy (non-hydrogen) atoms. The summed E-state index contributed by atoms with van der Waals surface area (Å²) in [5, 5.41) is 10.4. The maximum atomic E-state index is 10.4. The molecule has 0 fully saturated rings. The van der Waals surface area contributed by atoms with Gasteiger partial charge in [0.25, 0.3) is 0 Å². The molecule has 1 aromatic heterocycles. The molecule has 3 rings (SSSR count). The minimum atomic E-state index is -0.626. The molecule has 3 aromatic rings. The van der Waals surface area contributed by atoms with Gasteiger partial charge in [0.2, 0.25) is 0 Å². The van der Waals surface area contributed by atoms with Gasteiger partial charge in [-0.15, -0.1) is 0 Å². The molecule has 5 nitrogen and oxygen atoms in total. The van der Waals surface area contributed by atoms with Crippen LogP contribution in [-0.2, 0) is 13.0 Å². The van der Waals surface area contributed by atoms with E-state index in [-0.39, 0.29) is 6.61 Å². The van der Waals surface area contributed by atoms with Crippen LogP contribution in [0.25, 0.3) is 11.0 Å². The third-order valence-corrected chi connectivity index (χ3v) is 3.93. The lowest BCUT2D eigenvalue weighted by Crippen LogP contribution is -2.24. The Balaban J connectivity index is 1.69. The Morgan fingerprint density at radius 1 is 1.12 bits per heavy atom. The van der Waals surface area contributed by atoms with Crippen LogP contribution in [-0.4, -0.2) is 34.5 Å². The largest absolute Gasteiger partial charge is 0.497 e. The number of aromatic nitrogens is 2. The highest BCUT2D eigenvalue weighted by Gasteiger charge is 2.13. The number of fused-ring (bicyclic) bond motifs is 1. The van der Waals surface area contributed by atoms with Crippen molar-refractivity contribution >= 4 is 11.0 Å². The summed E-state index contributed by atoms with van der Waals surface area (Å²) in [6, 6.07) is 15.3. The summed E-state index contributed by atoms with van der Waals surface area (Å²) >= 11 is 0. The van der Waals surface area contributed by atoms with Crippen LogP contribution in [0.15, 0.2) is 48.5 Å². The van der Waals surface area contributed by atoms with Crippen molar-refractivity contribution in [3.8, 4) is 11.5 Å². The van der Waals surface area contributed by atoms with Gasteiger partial charge in [-0.1, -0.05) is 25.1 Å². The Morgan fingerprint density at radius 2 is 1.92 bits per heavy atom. The van der Waals surface area contributed by atoms with E-state index in [1.54, 1.807) is 13.2 Å². The van der Waals surface area contributed by atoms with Gasteiger partial charge in [-0.3, -0.25) is 0 Å². The van der Waals surface area contributed by atoms with Gasteiger partial charge < -0.3 is 19.1 Å². The number of benzene rings is 2. The Labute approximate surface area is 141 Å². The third kappa shape index (κ3) is 3.51. The number of aliphatic hydroxyl groups excluding tert-OH is 1. The summed E-state index contributed by atoms with van der Waals surface area (Å²) in [5.74, 6) is 2.38. The third-order valence-electron chi connectivity index (χ3n) is 3.93. The van der Waals surface area contributed by atoms with Gasteiger partial charge in [-0.2, -0.15) is 0 Å². The molecule has 1 heterocycles. The molecule has 5 heteroatoms. The number of methoxy groups -OCH3 is 1. The van der Waals surface area contributed by atoms with E-state index >= 15 is 0 Å². The van der Waals surface area contributed by atoms with Crippen LogP contribution in [0.3, 0.4) is 0 Å². The van der Waals surface area contributed by atoms with Crippen molar-refractivity contribution in [2.24, 2.45) is 0 Å². The van der Waals surface area contributed by atoms with Crippen molar-refractivity contribution in [2.45, 2.75) is 26.0 Å². The first-order valence-electron chi connectivity index (χ1n) is 8.10. The fraction of sp³-hybridized carbons (Fsp3) is 0.316. The molecule has 0 aliphatic carbocycles. The van der Waals surface area contributed by atoms with Gasteiger partial charge >= 0.3 is 0 Å². The van der Waals surface area contributed by atoms with Gasteiger partial charge in [0.15, 0.2) is 0 Å². The van der Waals surface area contributed by atoms with Crippen LogP contribution in [0, 0.1) is 0 Å². The SMILES string of the molecule is CCc1nc2ccccc2n1C[C@@H](O)COc1cccc(OC)c1. The molecule has 0 amide bonds. The zero-order valence-electron chi connectivity index (χ0n) is 14.0. The molecule has 0 saturated carbocycles. The quantitative estimate of drug-likeness (QED) is 0.725. The average molecular weight is 326 g/mol. The molecule has 0 aliphatic heterocycles. The fourth-order valence-electron chi connectivity index (χ4n) is 2.75. The molecular formula is C19H22N2O3. The molecule has 0 aliphatic rings. The summed E-state index contributed by atoms with van der Waals surface area (Å²) < 4.78 is 12.9. The normalized spacial score (nSPS) is 12.3. The molecule has 0 unspecified atom stereocenters. The predicted molar refractivity (Wildman–Crippen MR) is 93.6 cm³/mol. The Kier molecular flexibility index (Phi) is 5.01. The molecular weight excluding hydrogens is 304 g/mol. The topological polar surface area (TPSA) is 56.5 Å². The van der Waals surface area contributed by atoms with Crippen molar-refractivity contribution in [3.63, 3.8) is 0 Å². The predicted octanol–water partition coefficient (Wildman–Crippen LogP) is 3.05. The first kappa shape index (κ1) is 16.3. The number of hydrogen-bond donors (Lipinski definition) is 1. The number of nitrogens with zero attached hydrogens (tertiary/aromatic N) is 2. The van der Waals surface area contributed by atoms with E-state index in [9.17, 15) is 5.11 Å². The van der Waals surface area contributed by atoms with Crippen LogP contribution < -0.4 is 9.47 Å². The first-order valence-corrected chi connectivity index (χ1v) is 8.10. The lowest BCUT2D eigenvalue weighted by molar-refractivity contribution is 0.0926. The molecule has 126 valence electrons. The summed E-state index contributed by atoms with van der Waals surface area (Å²) in [6.07, 6.45) is 0.192. The summed E-state index contributed by atoms with van der Waals surface area (Å²) in [6.45, 7) is 2.73. The zero-order valence-corrected chi connectivity index (χ0v) is 14.0. The monoisotopic (exact) mass is 326 g/mol. The van der Waals surface area contributed by atoms with Crippen molar-refractivity contribution in [1.82, 2.24) is 9.55 Å². The van der Waals surface area contributed by atoms with E-state index in [0.29, 0.717) is 12.3 Å². The van der Waals surface area contributed by atoms with E-state index in [1.165, 1.54) is 0 Å². The summed E-state index contributed by atoms with van der Waals surface area (Å²) in [5.41, 5.74) is 1.99. The Hall–Kier alpha value is -2.53. The van der Waals surface area contributed by atoms with Crippen LogP contribution >= 0.6 is 0 Å². The molecule has 0 radical (unpaired) electrons. The maximum absolute atomic E-state index is 10.4. The first-order chi connectivity index (χ1) is 11.7. The van der Waals surface area contributed by atoms with Crippen molar-refractivity contribution < 1.29 is 14.6 Å². The van der Waals surface area contributed by atoms with Gasteiger partial charge in [-0.05, 0) is 24.3 Å². The smallest absolute Gasteiger partial charge is 0.123 e. The molecule has 2 aromatic carbocycles. The standard InChI is InChI=1S/C19H22N2O3/c1-3-19-20-17-9-4-5-10-18(17)21(19)12-14(22)13-24-16-8-6-7-15(11-16)23-2/h4-11,14,22H,3,12-13H2,1-2H3/t14-/m1/s1. The lowest BCUT2D eigenvalue weighted by Gasteiger charge is -2.15. The molecule has 1 N–H and O–H groups in total. The van der Waals surface area contributed by atoms with Gasteiger partial charge in [-0.25, -0.2) is 4.98 Å². The van der Waals surface area contributed by atoms with Crippen molar-refractivity contribution in [1.29, 1.82) is 0 Å². The minimum absolute atomic E-state index is 0.211. The number of imidazole rings is 1. The number of aryl methyl sites for hydroxylation is 1. The Bertz CT molecular complexity index is 813. The number of para-hydroxylation sites is 2.